The van der Waals surface area contributed by atoms with Crippen molar-refractivity contribution < 1.29 is 18.3 Å². The second-order valence-corrected chi connectivity index (χ2v) is 4.36. The van der Waals surface area contributed by atoms with E-state index in [1.165, 1.54) is 0 Å². The van der Waals surface area contributed by atoms with Crippen LogP contribution in [0.3, 0.4) is 0 Å². The van der Waals surface area contributed by atoms with Gasteiger partial charge in [0.05, 0.1) is 0 Å². The van der Waals surface area contributed by atoms with Crippen molar-refractivity contribution in [1.29, 1.82) is 0 Å². The number of ether oxygens (including phenoxy) is 1. The largest absolute Gasteiger partial charge is 0.449 e. The first-order chi connectivity index (χ1) is 10.2. The van der Waals surface area contributed by atoms with E-state index in [2.05, 4.69) is 4.98 Å². The summed E-state index contributed by atoms with van der Waals surface area (Å²) < 4.78 is 33.0. The lowest BCUT2D eigenvalue weighted by atomic mass is 10.2. The van der Waals surface area contributed by atoms with Crippen molar-refractivity contribution in [2.24, 2.45) is 0 Å². The van der Waals surface area contributed by atoms with Gasteiger partial charge in [-0.2, -0.15) is 0 Å². The Kier molecular flexibility index (Phi) is 3.31. The minimum atomic E-state index is -0.940. The van der Waals surface area contributed by atoms with Crippen LogP contribution >= 0.6 is 0 Å². The predicted octanol–water partition coefficient (Wildman–Crippen LogP) is 4.12. The van der Waals surface area contributed by atoms with E-state index in [1.807, 2.05) is 12.1 Å². The van der Waals surface area contributed by atoms with Crippen LogP contribution in [-0.2, 0) is 0 Å². The van der Waals surface area contributed by atoms with Crippen molar-refractivity contribution in [3.63, 3.8) is 0 Å². The van der Waals surface area contributed by atoms with Crippen LogP contribution in [0.1, 0.15) is 10.4 Å². The highest BCUT2D eigenvalue weighted by Crippen LogP contribution is 2.32. The van der Waals surface area contributed by atoms with Crippen molar-refractivity contribution in [2.45, 2.75) is 0 Å². The Morgan fingerprint density at radius 2 is 1.76 bits per heavy atom. The molecule has 5 heteroatoms. The number of hydrogen-bond donors (Lipinski definition) is 0. The van der Waals surface area contributed by atoms with Crippen molar-refractivity contribution in [1.82, 2.24) is 4.98 Å². The molecule has 0 N–H and O–H groups in total. The molecule has 0 aliphatic rings. The van der Waals surface area contributed by atoms with Gasteiger partial charge in [-0.15, -0.1) is 0 Å². The summed E-state index contributed by atoms with van der Waals surface area (Å²) in [5, 5.41) is 0.792. The summed E-state index contributed by atoms with van der Waals surface area (Å²) >= 11 is 0. The van der Waals surface area contributed by atoms with Gasteiger partial charge in [0, 0.05) is 17.1 Å². The molecule has 0 unspecified atom stereocenters. The smallest absolute Gasteiger partial charge is 0.198 e. The van der Waals surface area contributed by atoms with Gasteiger partial charge in [-0.1, -0.05) is 18.2 Å². The average molecular weight is 285 g/mol. The third-order valence-corrected chi connectivity index (χ3v) is 2.96. The zero-order chi connectivity index (χ0) is 14.8. The number of fused-ring (bicyclic) bond motifs is 1. The number of aldehydes is 1. The molecule has 0 amide bonds. The third-order valence-electron chi connectivity index (χ3n) is 2.96. The molecule has 21 heavy (non-hydrogen) atoms. The number of para-hydroxylation sites is 1. The van der Waals surface area contributed by atoms with Crippen LogP contribution in [0.4, 0.5) is 8.78 Å². The van der Waals surface area contributed by atoms with Gasteiger partial charge in [0.15, 0.2) is 23.1 Å². The number of pyridine rings is 1. The topological polar surface area (TPSA) is 39.2 Å². The Balaban J connectivity index is 2.09. The highest BCUT2D eigenvalue weighted by atomic mass is 19.1. The van der Waals surface area contributed by atoms with Gasteiger partial charge in [0.1, 0.15) is 11.8 Å². The van der Waals surface area contributed by atoms with Gasteiger partial charge in [-0.25, -0.2) is 8.78 Å². The average Bonchev–Trinajstić information content (AvgIpc) is 2.50. The fourth-order valence-corrected chi connectivity index (χ4v) is 2.01. The van der Waals surface area contributed by atoms with Gasteiger partial charge in [-0.05, 0) is 24.3 Å². The summed E-state index contributed by atoms with van der Waals surface area (Å²) in [6.07, 6.45) is 1.94. The van der Waals surface area contributed by atoms with Gasteiger partial charge in [0.2, 0.25) is 0 Å². The van der Waals surface area contributed by atoms with E-state index >= 15 is 0 Å². The maximum absolute atomic E-state index is 13.8. The number of hydrogen-bond acceptors (Lipinski definition) is 3. The molecule has 2 aromatic carbocycles. The van der Waals surface area contributed by atoms with Crippen molar-refractivity contribution in [2.75, 3.05) is 0 Å². The van der Waals surface area contributed by atoms with Crippen LogP contribution in [-0.4, -0.2) is 11.3 Å². The van der Waals surface area contributed by atoms with Crippen LogP contribution in [0.2, 0.25) is 0 Å². The minimum Gasteiger partial charge on any atom is -0.449 e. The molecule has 0 aliphatic heterocycles. The maximum Gasteiger partial charge on any atom is 0.198 e. The molecule has 1 heterocycles. The Labute approximate surface area is 118 Å². The molecule has 3 aromatic rings. The lowest BCUT2D eigenvalue weighted by Gasteiger charge is -2.10. The number of carbonyl (C=O) groups is 1. The summed E-state index contributed by atoms with van der Waals surface area (Å²) in [5.41, 5.74) is 0.409. The highest BCUT2D eigenvalue weighted by Gasteiger charge is 2.15. The lowest BCUT2D eigenvalue weighted by Crippen LogP contribution is -1.96. The molecule has 0 aliphatic carbocycles. The summed E-state index contributed by atoms with van der Waals surface area (Å²) in [7, 11) is 0. The van der Waals surface area contributed by atoms with Crippen molar-refractivity contribution >= 4 is 17.2 Å². The number of carbonyl (C=O) groups excluding carboxylic acids is 1. The van der Waals surface area contributed by atoms with Crippen LogP contribution in [0, 0.1) is 11.6 Å². The molecule has 0 atom stereocenters. The number of benzene rings is 2. The molecule has 0 spiro atoms. The zero-order valence-electron chi connectivity index (χ0n) is 10.7. The van der Waals surface area contributed by atoms with Gasteiger partial charge < -0.3 is 4.74 Å². The molecular weight excluding hydrogens is 276 g/mol. The third kappa shape index (κ3) is 2.45. The number of rotatable bonds is 3. The van der Waals surface area contributed by atoms with E-state index in [1.54, 1.807) is 24.4 Å². The van der Waals surface area contributed by atoms with Crippen LogP contribution in [0.25, 0.3) is 10.9 Å². The SMILES string of the molecule is O=Cc1cc(F)c(Oc2cccc3cccnc23)c(F)c1. The molecule has 0 bridgehead atoms. The molecule has 3 nitrogen and oxygen atoms in total. The van der Waals surface area contributed by atoms with Crippen molar-refractivity contribution in [3.8, 4) is 11.5 Å². The summed E-state index contributed by atoms with van der Waals surface area (Å²) in [5.74, 6) is -2.20. The molecule has 3 rings (SSSR count). The van der Waals surface area contributed by atoms with Gasteiger partial charge in [-0.3, -0.25) is 9.78 Å². The predicted molar refractivity (Wildman–Crippen MR) is 73.6 cm³/mol. The van der Waals surface area contributed by atoms with E-state index < -0.39 is 17.4 Å². The number of nitrogens with zero attached hydrogens (tertiary/aromatic N) is 1. The first-order valence-electron chi connectivity index (χ1n) is 6.15. The molecule has 0 radical (unpaired) electrons. The molecule has 1 aromatic heterocycles. The summed E-state index contributed by atoms with van der Waals surface area (Å²) in [6.45, 7) is 0. The second-order valence-electron chi connectivity index (χ2n) is 4.36. The molecule has 0 saturated carbocycles. The molecule has 0 saturated heterocycles. The first-order valence-corrected chi connectivity index (χ1v) is 6.15. The Morgan fingerprint density at radius 3 is 2.48 bits per heavy atom. The standard InChI is InChI=1S/C16H9F2NO2/c17-12-7-10(9-20)8-13(18)16(12)21-14-5-1-3-11-4-2-6-19-15(11)14/h1-9H. The van der Waals surface area contributed by atoms with E-state index in [9.17, 15) is 13.6 Å². The van der Waals surface area contributed by atoms with Gasteiger partial charge >= 0.3 is 0 Å². The maximum atomic E-state index is 13.8. The van der Waals surface area contributed by atoms with Crippen molar-refractivity contribution in [3.05, 3.63) is 65.9 Å². The van der Waals surface area contributed by atoms with Crippen LogP contribution in [0.5, 0.6) is 11.5 Å². The molecule has 104 valence electrons. The van der Waals surface area contributed by atoms with E-state index in [0.29, 0.717) is 11.8 Å². The quantitative estimate of drug-likeness (QED) is 0.679. The first kappa shape index (κ1) is 13.2. The Morgan fingerprint density at radius 1 is 1.05 bits per heavy atom. The van der Waals surface area contributed by atoms with E-state index in [4.69, 9.17) is 4.74 Å². The zero-order valence-corrected chi connectivity index (χ0v) is 10.7. The van der Waals surface area contributed by atoms with E-state index in [0.717, 1.165) is 17.5 Å². The second kappa shape index (κ2) is 5.28. The molecule has 0 fully saturated rings. The Hall–Kier alpha value is -2.82. The fourth-order valence-electron chi connectivity index (χ4n) is 2.01. The normalized spacial score (nSPS) is 10.6. The van der Waals surface area contributed by atoms with Crippen LogP contribution < -0.4 is 4.74 Å². The minimum absolute atomic E-state index is 0.0894. The fraction of sp³-hybridized carbons (Fsp3) is 0. The number of halogens is 2. The Bertz CT molecular complexity index is 805. The van der Waals surface area contributed by atoms with Gasteiger partial charge in [0.25, 0.3) is 0 Å². The summed E-state index contributed by atoms with van der Waals surface area (Å²) in [4.78, 5) is 14.7. The van der Waals surface area contributed by atoms with Crippen LogP contribution in [0.15, 0.2) is 48.7 Å². The summed E-state index contributed by atoms with van der Waals surface area (Å²) in [6, 6.07) is 10.5. The lowest BCUT2D eigenvalue weighted by molar-refractivity contribution is 0.112. The van der Waals surface area contributed by atoms with E-state index in [-0.39, 0.29) is 11.3 Å². The highest BCUT2D eigenvalue weighted by molar-refractivity contribution is 5.84. The molecular formula is C16H9F2NO2. The monoisotopic (exact) mass is 285 g/mol. The number of aromatic nitrogens is 1.